The van der Waals surface area contributed by atoms with Gasteiger partial charge < -0.3 is 20.3 Å². The molecule has 4 heterocycles. The van der Waals surface area contributed by atoms with Crippen molar-refractivity contribution in [3.05, 3.63) is 145 Å². The van der Waals surface area contributed by atoms with E-state index in [0.717, 1.165) is 65.0 Å². The molecule has 2 aromatic heterocycles. The minimum absolute atomic E-state index is 0. The van der Waals surface area contributed by atoms with Crippen molar-refractivity contribution in [3.63, 3.8) is 0 Å². The third kappa shape index (κ3) is 15.9. The van der Waals surface area contributed by atoms with Crippen LogP contribution in [0.3, 0.4) is 0 Å². The van der Waals surface area contributed by atoms with Gasteiger partial charge in [-0.1, -0.05) is 0 Å². The number of aryl methyl sites for hydroxylation is 1. The number of aromatic nitrogens is 4. The normalized spacial score (nSPS) is 18.0. The highest BCUT2D eigenvalue weighted by Gasteiger charge is 2.47. The van der Waals surface area contributed by atoms with Crippen molar-refractivity contribution in [2.24, 2.45) is 5.73 Å². The van der Waals surface area contributed by atoms with E-state index in [2.05, 4.69) is 29.4 Å². The predicted octanol–water partition coefficient (Wildman–Crippen LogP) is 8.42. The molecule has 8 rings (SSSR count). The predicted molar refractivity (Wildman–Crippen MR) is 252 cm³/mol. The van der Waals surface area contributed by atoms with Crippen molar-refractivity contribution in [2.45, 2.75) is 79.2 Å². The van der Waals surface area contributed by atoms with Crippen LogP contribution in [0.15, 0.2) is 132 Å². The summed E-state index contributed by atoms with van der Waals surface area (Å²) in [5.41, 5.74) is 8.61. The van der Waals surface area contributed by atoms with Crippen molar-refractivity contribution >= 4 is 44.2 Å². The van der Waals surface area contributed by atoms with Crippen LogP contribution in [-0.2, 0) is 42.6 Å². The number of Topliss-reactive ketones (excluding diaryl/α,β-unsaturated/α-hetero) is 1. The Morgan fingerprint density at radius 1 is 0.605 bits per heavy atom. The lowest BCUT2D eigenvalue weighted by Crippen LogP contribution is -2.44. The van der Waals surface area contributed by atoms with Crippen LogP contribution < -0.4 is 15.2 Å². The standard InChI is InChI=1S/C24H20F5N3O4S.C12H10F3N3O.C11H11F2NO4S.ClH/c25-16-3-8-19(9-4-16)37(34,35)32-12-11-20(26)23(32)22(33)10-5-17-13-21(31-14-30-17)15-1-6-18(7-2-15)36-24(27,28)29;13-12(14,15)19-10-3-1-8(2-4-10)11-5-9(6-16)17-7-18-11;12-7-1-3-8(4-2-7)19(17,18)14-6-5-9(13)10(14)11(15)16;/h1-4,6-9,13-14,20,23H,5,10-12H2;1-5,7H,6,16H2;1-4,9-10H,5-6H2,(H,15,16);1H/t20-,23-;;9-,10-;/m0.0./s1. The Balaban J connectivity index is 0.000000230. The fraction of sp³-hybridized carbons (Fsp3) is 0.277. The monoisotopic (exact) mass is 1140 g/mol. The first kappa shape index (κ1) is 60.0. The topological polar surface area (TPSA) is 225 Å². The summed E-state index contributed by atoms with van der Waals surface area (Å²) in [5.74, 6) is -4.08. The second-order valence-corrected chi connectivity index (χ2v) is 19.9. The Labute approximate surface area is 433 Å². The largest absolute Gasteiger partial charge is 0.573 e. The number of hydrogen-bond donors (Lipinski definition) is 2. The highest BCUT2D eigenvalue weighted by molar-refractivity contribution is 7.89. The van der Waals surface area contributed by atoms with Crippen LogP contribution in [-0.4, -0.2) is 112 Å². The number of carbonyl (C=O) groups excluding carboxylic acids is 1. The number of nitrogens with zero attached hydrogens (tertiary/aromatic N) is 6. The SMILES string of the molecule is Cl.NCc1cc(-c2ccc(OC(F)(F)F)cc2)ncn1.O=C(CCc1cc(-c2ccc(OC(F)(F)F)cc2)ncn1)[C@@H]1[C@@H](F)CCN1S(=O)(=O)c1ccc(F)cc1.O=C(O)[C@@H]1[C@@H](F)CCN1S(=O)(=O)c1ccc(F)cc1. The molecule has 0 radical (unpaired) electrons. The lowest BCUT2D eigenvalue weighted by atomic mass is 10.0. The van der Waals surface area contributed by atoms with Gasteiger partial charge in [-0.15, -0.1) is 38.7 Å². The van der Waals surface area contributed by atoms with Crippen LogP contribution in [0.4, 0.5) is 43.9 Å². The molecule has 2 aliphatic rings. The van der Waals surface area contributed by atoms with Gasteiger partial charge in [0.1, 0.15) is 54.2 Å². The number of halogens is 11. The minimum Gasteiger partial charge on any atom is -0.480 e. The molecule has 4 aromatic carbocycles. The summed E-state index contributed by atoms with van der Waals surface area (Å²) in [6, 6.07) is 18.4. The molecule has 0 amide bonds. The second-order valence-electron chi connectivity index (χ2n) is 16.1. The van der Waals surface area contributed by atoms with Crippen LogP contribution in [0.5, 0.6) is 11.5 Å². The molecule has 0 unspecified atom stereocenters. The van der Waals surface area contributed by atoms with Crippen LogP contribution in [0.2, 0.25) is 0 Å². The summed E-state index contributed by atoms with van der Waals surface area (Å²) < 4.78 is 186. The number of aliphatic carboxylic acids is 1. The average molecular weight is 1140 g/mol. The summed E-state index contributed by atoms with van der Waals surface area (Å²) in [4.78, 5) is 39.5. The van der Waals surface area contributed by atoms with Gasteiger partial charge in [0.2, 0.25) is 20.0 Å². The number of alkyl halides is 8. The number of rotatable bonds is 14. The minimum atomic E-state index is -4.82. The van der Waals surface area contributed by atoms with Crippen molar-refractivity contribution in [1.29, 1.82) is 0 Å². The Morgan fingerprint density at radius 3 is 1.38 bits per heavy atom. The molecular weight excluding hydrogens is 1100 g/mol. The van der Waals surface area contributed by atoms with E-state index in [-0.39, 0.29) is 73.3 Å². The van der Waals surface area contributed by atoms with Gasteiger partial charge in [0.15, 0.2) is 11.8 Å². The molecule has 16 nitrogen and oxygen atoms in total. The van der Waals surface area contributed by atoms with Crippen molar-refractivity contribution in [2.75, 3.05) is 13.1 Å². The molecule has 29 heteroatoms. The van der Waals surface area contributed by atoms with Crippen molar-refractivity contribution in [1.82, 2.24) is 28.5 Å². The molecule has 6 aromatic rings. The third-order valence-electron chi connectivity index (χ3n) is 11.0. The zero-order valence-corrected chi connectivity index (χ0v) is 41.2. The summed E-state index contributed by atoms with van der Waals surface area (Å²) in [6.07, 6.45) is -10.8. The first-order chi connectivity index (χ1) is 35.2. The van der Waals surface area contributed by atoms with Gasteiger partial charge in [-0.25, -0.2) is 54.3 Å². The van der Waals surface area contributed by atoms with Gasteiger partial charge in [0, 0.05) is 42.9 Å². The van der Waals surface area contributed by atoms with E-state index >= 15 is 0 Å². The quantitative estimate of drug-likeness (QED) is 0.0977. The van der Waals surface area contributed by atoms with E-state index in [0.29, 0.717) is 38.2 Å². The van der Waals surface area contributed by atoms with Crippen LogP contribution >= 0.6 is 12.4 Å². The maximum atomic E-state index is 14.7. The third-order valence-corrected chi connectivity index (χ3v) is 14.8. The highest BCUT2D eigenvalue weighted by Crippen LogP contribution is 2.32. The van der Waals surface area contributed by atoms with Gasteiger partial charge in [0.25, 0.3) is 0 Å². The second kappa shape index (κ2) is 25.3. The Bertz CT molecular complexity index is 3150. The average Bonchev–Trinajstić information content (AvgIpc) is 3.97. The molecule has 3 N–H and O–H groups in total. The smallest absolute Gasteiger partial charge is 0.480 e. The van der Waals surface area contributed by atoms with E-state index in [4.69, 9.17) is 10.8 Å². The molecule has 0 aliphatic carbocycles. The number of hydrogen-bond acceptors (Lipinski definition) is 13. The van der Waals surface area contributed by atoms with Gasteiger partial charge in [-0.3, -0.25) is 9.59 Å². The Morgan fingerprint density at radius 2 is 0.987 bits per heavy atom. The maximum Gasteiger partial charge on any atom is 0.573 e. The van der Waals surface area contributed by atoms with Gasteiger partial charge in [-0.05, 0) is 128 Å². The van der Waals surface area contributed by atoms with Gasteiger partial charge in [-0.2, -0.15) is 8.61 Å². The first-order valence-corrected chi connectivity index (χ1v) is 24.8. The van der Waals surface area contributed by atoms with Gasteiger partial charge >= 0.3 is 18.7 Å². The fourth-order valence-corrected chi connectivity index (χ4v) is 10.8. The zero-order valence-electron chi connectivity index (χ0n) is 38.8. The van der Waals surface area contributed by atoms with Gasteiger partial charge in [0.05, 0.1) is 26.9 Å². The number of carboxylic acid groups (broad SMARTS) is 1. The molecular formula is C47H42ClF10N7O9S2. The Hall–Kier alpha value is -6.85. The molecule has 0 saturated carbocycles. The van der Waals surface area contributed by atoms with E-state index in [1.165, 1.54) is 55.1 Å². The lowest BCUT2D eigenvalue weighted by Gasteiger charge is -2.24. The molecule has 2 saturated heterocycles. The number of carbonyl (C=O) groups is 2. The number of ether oxygens (including phenoxy) is 2. The molecule has 2 aliphatic heterocycles. The van der Waals surface area contributed by atoms with Crippen LogP contribution in [0, 0.1) is 11.6 Å². The molecule has 4 atom stereocenters. The van der Waals surface area contributed by atoms with E-state index < -0.39 is 86.3 Å². The lowest BCUT2D eigenvalue weighted by molar-refractivity contribution is -0.275. The highest BCUT2D eigenvalue weighted by atomic mass is 35.5. The number of benzene rings is 4. The molecule has 76 heavy (non-hydrogen) atoms. The summed E-state index contributed by atoms with van der Waals surface area (Å²) in [7, 11) is -8.36. The number of carboxylic acids is 1. The van der Waals surface area contributed by atoms with Crippen LogP contribution in [0.25, 0.3) is 22.5 Å². The first-order valence-electron chi connectivity index (χ1n) is 21.9. The Kier molecular flexibility index (Phi) is 20.0. The molecule has 408 valence electrons. The summed E-state index contributed by atoms with van der Waals surface area (Å²) in [5, 5.41) is 8.90. The molecule has 0 spiro atoms. The van der Waals surface area contributed by atoms with E-state index in [9.17, 15) is 70.3 Å². The zero-order chi connectivity index (χ0) is 54.9. The van der Waals surface area contributed by atoms with E-state index in [1.807, 2.05) is 0 Å². The summed E-state index contributed by atoms with van der Waals surface area (Å²) in [6.45, 7) is -0.133. The fourth-order valence-electron chi connectivity index (χ4n) is 7.53. The summed E-state index contributed by atoms with van der Waals surface area (Å²) >= 11 is 0. The number of nitrogens with two attached hydrogens (primary N) is 1. The van der Waals surface area contributed by atoms with Crippen molar-refractivity contribution < 1.29 is 84.9 Å². The molecule has 2 fully saturated rings. The van der Waals surface area contributed by atoms with Crippen LogP contribution in [0.1, 0.15) is 30.7 Å². The van der Waals surface area contributed by atoms with E-state index in [1.54, 1.807) is 6.07 Å². The number of sulfonamides is 2. The van der Waals surface area contributed by atoms with Crippen molar-refractivity contribution in [3.8, 4) is 34.0 Å². The number of ketones is 1. The maximum absolute atomic E-state index is 14.7. The molecule has 0 bridgehead atoms.